The standard InChI is InChI=1S/C14H19Cl2N5/c15-11-5-4-10(8-12(11)16)9-19-13(17)20-14(18)21-6-2-1-3-7-21/h4-5,8H,1-3,6-7,9H2,(H4,17,18,19,20). The van der Waals surface area contributed by atoms with E-state index in [9.17, 15) is 0 Å². The van der Waals surface area contributed by atoms with Gasteiger partial charge in [0.15, 0.2) is 11.9 Å². The number of nitrogens with one attached hydrogen (secondary N) is 4. The second-order valence-electron chi connectivity index (χ2n) is 5.00. The van der Waals surface area contributed by atoms with Crippen molar-refractivity contribution in [1.82, 2.24) is 15.5 Å². The monoisotopic (exact) mass is 327 g/mol. The lowest BCUT2D eigenvalue weighted by atomic mass is 10.1. The summed E-state index contributed by atoms with van der Waals surface area (Å²) in [7, 11) is 0. The van der Waals surface area contributed by atoms with Crippen molar-refractivity contribution in [2.45, 2.75) is 25.8 Å². The van der Waals surface area contributed by atoms with Gasteiger partial charge in [0.2, 0.25) is 0 Å². The zero-order chi connectivity index (χ0) is 15.2. The van der Waals surface area contributed by atoms with Crippen molar-refractivity contribution in [1.29, 1.82) is 10.8 Å². The summed E-state index contributed by atoms with van der Waals surface area (Å²) >= 11 is 11.8. The highest BCUT2D eigenvalue weighted by atomic mass is 35.5. The number of hydrogen-bond acceptors (Lipinski definition) is 2. The summed E-state index contributed by atoms with van der Waals surface area (Å²) in [6.07, 6.45) is 3.43. The van der Waals surface area contributed by atoms with E-state index in [0.717, 1.165) is 31.5 Å². The van der Waals surface area contributed by atoms with Crippen LogP contribution in [0.1, 0.15) is 24.8 Å². The van der Waals surface area contributed by atoms with Gasteiger partial charge in [0.05, 0.1) is 10.0 Å². The molecule has 0 atom stereocenters. The summed E-state index contributed by atoms with van der Waals surface area (Å²) < 4.78 is 0. The van der Waals surface area contributed by atoms with E-state index in [1.54, 1.807) is 12.1 Å². The van der Waals surface area contributed by atoms with Gasteiger partial charge in [-0.15, -0.1) is 0 Å². The van der Waals surface area contributed by atoms with Crippen molar-refractivity contribution in [2.75, 3.05) is 13.1 Å². The zero-order valence-electron chi connectivity index (χ0n) is 11.7. The van der Waals surface area contributed by atoms with E-state index < -0.39 is 0 Å². The molecule has 2 rings (SSSR count). The van der Waals surface area contributed by atoms with Gasteiger partial charge in [-0.2, -0.15) is 0 Å². The second-order valence-corrected chi connectivity index (χ2v) is 5.81. The van der Waals surface area contributed by atoms with Crippen LogP contribution in [0.2, 0.25) is 10.0 Å². The fourth-order valence-corrected chi connectivity index (χ4v) is 2.52. The van der Waals surface area contributed by atoms with Crippen LogP contribution in [0.25, 0.3) is 0 Å². The number of halogens is 2. The average molecular weight is 328 g/mol. The summed E-state index contributed by atoms with van der Waals surface area (Å²) in [4.78, 5) is 1.96. The summed E-state index contributed by atoms with van der Waals surface area (Å²) in [6.45, 7) is 2.22. The second kappa shape index (κ2) is 7.52. The molecule has 0 spiro atoms. The predicted molar refractivity (Wildman–Crippen MR) is 87.3 cm³/mol. The maximum atomic E-state index is 7.95. The molecule has 1 aliphatic rings. The molecule has 0 bridgehead atoms. The highest BCUT2D eigenvalue weighted by Crippen LogP contribution is 2.22. The third-order valence-corrected chi connectivity index (χ3v) is 4.11. The molecular formula is C14H19Cl2N5. The van der Waals surface area contributed by atoms with Gasteiger partial charge in [-0.25, -0.2) is 0 Å². The van der Waals surface area contributed by atoms with Crippen molar-refractivity contribution in [3.05, 3.63) is 33.8 Å². The largest absolute Gasteiger partial charge is 0.352 e. The fraction of sp³-hybridized carbons (Fsp3) is 0.429. The molecule has 1 saturated heterocycles. The van der Waals surface area contributed by atoms with Crippen molar-refractivity contribution < 1.29 is 0 Å². The van der Waals surface area contributed by atoms with E-state index in [1.807, 2.05) is 11.0 Å². The SMILES string of the molecule is N=C(NCc1ccc(Cl)c(Cl)c1)NC(=N)N1CCCCC1. The van der Waals surface area contributed by atoms with Crippen molar-refractivity contribution in [3.63, 3.8) is 0 Å². The minimum atomic E-state index is 0.108. The first kappa shape index (κ1) is 15.9. The maximum absolute atomic E-state index is 7.95. The van der Waals surface area contributed by atoms with Crippen LogP contribution in [0, 0.1) is 10.8 Å². The molecule has 1 aliphatic heterocycles. The Bertz CT molecular complexity index is 526. The van der Waals surface area contributed by atoms with Crippen LogP contribution in [0.15, 0.2) is 18.2 Å². The quantitative estimate of drug-likeness (QED) is 0.498. The first-order chi connectivity index (χ1) is 10.1. The lowest BCUT2D eigenvalue weighted by Gasteiger charge is -2.29. The number of benzene rings is 1. The Morgan fingerprint density at radius 3 is 2.48 bits per heavy atom. The molecule has 4 N–H and O–H groups in total. The Morgan fingerprint density at radius 1 is 1.10 bits per heavy atom. The lowest BCUT2D eigenvalue weighted by molar-refractivity contribution is 0.334. The lowest BCUT2D eigenvalue weighted by Crippen LogP contribution is -2.49. The molecule has 1 heterocycles. The first-order valence-electron chi connectivity index (χ1n) is 6.93. The molecule has 0 aliphatic carbocycles. The smallest absolute Gasteiger partial charge is 0.197 e. The Hall–Kier alpha value is -1.46. The molecule has 0 radical (unpaired) electrons. The number of piperidine rings is 1. The van der Waals surface area contributed by atoms with Crippen LogP contribution < -0.4 is 10.6 Å². The zero-order valence-corrected chi connectivity index (χ0v) is 13.2. The summed E-state index contributed by atoms with van der Waals surface area (Å²) in [5.74, 6) is 0.387. The minimum absolute atomic E-state index is 0.108. The number of rotatable bonds is 2. The Labute approximate surface area is 134 Å². The maximum Gasteiger partial charge on any atom is 0.197 e. The molecule has 114 valence electrons. The first-order valence-corrected chi connectivity index (χ1v) is 7.69. The van der Waals surface area contributed by atoms with Gasteiger partial charge in [0, 0.05) is 19.6 Å². The van der Waals surface area contributed by atoms with Crippen molar-refractivity contribution >= 4 is 35.1 Å². The Balaban J connectivity index is 1.78. The molecule has 5 nitrogen and oxygen atoms in total. The van der Waals surface area contributed by atoms with Crippen LogP contribution in [0.3, 0.4) is 0 Å². The van der Waals surface area contributed by atoms with E-state index in [-0.39, 0.29) is 11.9 Å². The average Bonchev–Trinajstić information content (AvgIpc) is 2.49. The van der Waals surface area contributed by atoms with Crippen LogP contribution in [-0.4, -0.2) is 29.9 Å². The summed E-state index contributed by atoms with van der Waals surface area (Å²) in [5.41, 5.74) is 0.931. The Morgan fingerprint density at radius 2 is 1.81 bits per heavy atom. The van der Waals surface area contributed by atoms with Crippen LogP contribution in [-0.2, 0) is 6.54 Å². The van der Waals surface area contributed by atoms with Crippen LogP contribution in [0.5, 0.6) is 0 Å². The number of hydrogen-bond donors (Lipinski definition) is 4. The minimum Gasteiger partial charge on any atom is -0.352 e. The molecule has 21 heavy (non-hydrogen) atoms. The molecule has 7 heteroatoms. The van der Waals surface area contributed by atoms with E-state index >= 15 is 0 Å². The van der Waals surface area contributed by atoms with Gasteiger partial charge in [-0.3, -0.25) is 16.1 Å². The van der Waals surface area contributed by atoms with Gasteiger partial charge >= 0.3 is 0 Å². The summed E-state index contributed by atoms with van der Waals surface area (Å²) in [6, 6.07) is 5.35. The van der Waals surface area contributed by atoms with E-state index in [2.05, 4.69) is 10.6 Å². The Kier molecular flexibility index (Phi) is 5.70. The molecule has 0 saturated carbocycles. The topological polar surface area (TPSA) is 75.0 Å². The molecule has 0 unspecified atom stereocenters. The van der Waals surface area contributed by atoms with Gasteiger partial charge < -0.3 is 10.2 Å². The normalized spacial score (nSPS) is 14.7. The number of nitrogens with zero attached hydrogens (tertiary/aromatic N) is 1. The molecule has 0 amide bonds. The third-order valence-electron chi connectivity index (χ3n) is 3.37. The molecule has 1 aromatic carbocycles. The van der Waals surface area contributed by atoms with Crippen LogP contribution in [0.4, 0.5) is 0 Å². The highest BCUT2D eigenvalue weighted by Gasteiger charge is 2.14. The van der Waals surface area contributed by atoms with Gasteiger partial charge in [-0.05, 0) is 37.0 Å². The van der Waals surface area contributed by atoms with Gasteiger partial charge in [0.25, 0.3) is 0 Å². The third kappa shape index (κ3) is 4.79. The molecule has 1 fully saturated rings. The van der Waals surface area contributed by atoms with Crippen molar-refractivity contribution in [2.24, 2.45) is 0 Å². The molecular weight excluding hydrogens is 309 g/mol. The summed E-state index contributed by atoms with van der Waals surface area (Å²) in [5, 5.41) is 22.5. The fourth-order valence-electron chi connectivity index (χ4n) is 2.20. The predicted octanol–water partition coefficient (Wildman–Crippen LogP) is 3.03. The van der Waals surface area contributed by atoms with E-state index in [4.69, 9.17) is 34.0 Å². The van der Waals surface area contributed by atoms with Gasteiger partial charge in [-0.1, -0.05) is 29.3 Å². The molecule has 0 aromatic heterocycles. The van der Waals surface area contributed by atoms with E-state index in [0.29, 0.717) is 16.6 Å². The van der Waals surface area contributed by atoms with Crippen LogP contribution >= 0.6 is 23.2 Å². The molecule has 1 aromatic rings. The number of likely N-dealkylation sites (tertiary alicyclic amines) is 1. The van der Waals surface area contributed by atoms with Gasteiger partial charge in [0.1, 0.15) is 0 Å². The van der Waals surface area contributed by atoms with E-state index in [1.165, 1.54) is 6.42 Å². The van der Waals surface area contributed by atoms with Crippen molar-refractivity contribution in [3.8, 4) is 0 Å². The number of guanidine groups is 2. The highest BCUT2D eigenvalue weighted by molar-refractivity contribution is 6.42.